The van der Waals surface area contributed by atoms with E-state index in [1.165, 1.54) is 6.21 Å². The summed E-state index contributed by atoms with van der Waals surface area (Å²) in [6.07, 6.45) is 6.81. The van der Waals surface area contributed by atoms with Gasteiger partial charge in [0.25, 0.3) is 11.8 Å². The number of nitrogens with one attached hydrogen (secondary N) is 2. The van der Waals surface area contributed by atoms with Crippen molar-refractivity contribution in [1.82, 2.24) is 10.7 Å². The number of carbonyl (C=O) groups is 2. The molecule has 0 spiro atoms. The SMILES string of the molecule is C#CCOc1ccc2ccccc2c1C=NNC(=O)C(C)NC(=O)c1ccc(OC)cc1. The van der Waals surface area contributed by atoms with E-state index in [-0.39, 0.29) is 12.5 Å². The fourth-order valence-corrected chi connectivity index (χ4v) is 3.00. The number of nitrogens with zero attached hydrogens (tertiary/aromatic N) is 1. The van der Waals surface area contributed by atoms with Crippen LogP contribution in [0.3, 0.4) is 0 Å². The lowest BCUT2D eigenvalue weighted by atomic mass is 10.0. The van der Waals surface area contributed by atoms with Crippen molar-refractivity contribution in [1.29, 1.82) is 0 Å². The summed E-state index contributed by atoms with van der Waals surface area (Å²) in [6, 6.07) is 17.2. The lowest BCUT2D eigenvalue weighted by Gasteiger charge is -2.13. The maximum Gasteiger partial charge on any atom is 0.262 e. The van der Waals surface area contributed by atoms with E-state index in [4.69, 9.17) is 15.9 Å². The summed E-state index contributed by atoms with van der Waals surface area (Å²) in [5.74, 6) is 2.79. The van der Waals surface area contributed by atoms with Gasteiger partial charge in [0.1, 0.15) is 24.1 Å². The fourth-order valence-electron chi connectivity index (χ4n) is 3.00. The van der Waals surface area contributed by atoms with E-state index in [2.05, 4.69) is 21.8 Å². The van der Waals surface area contributed by atoms with E-state index in [1.807, 2.05) is 30.3 Å². The predicted octanol–water partition coefficient (Wildman–Crippen LogP) is 3.13. The van der Waals surface area contributed by atoms with Crippen LogP contribution in [0.5, 0.6) is 11.5 Å². The van der Waals surface area contributed by atoms with Crippen LogP contribution >= 0.6 is 0 Å². The van der Waals surface area contributed by atoms with Crippen LogP contribution in [0.15, 0.2) is 65.8 Å². The van der Waals surface area contributed by atoms with Crippen LogP contribution in [0.2, 0.25) is 0 Å². The molecule has 0 aliphatic carbocycles. The molecule has 0 aliphatic rings. The van der Waals surface area contributed by atoms with Crippen molar-refractivity contribution in [2.75, 3.05) is 13.7 Å². The summed E-state index contributed by atoms with van der Waals surface area (Å²) in [4.78, 5) is 24.7. The van der Waals surface area contributed by atoms with Gasteiger partial charge in [-0.25, -0.2) is 5.43 Å². The smallest absolute Gasteiger partial charge is 0.262 e. The number of rotatable bonds is 8. The van der Waals surface area contributed by atoms with Gasteiger partial charge in [0.05, 0.1) is 13.3 Å². The Morgan fingerprint density at radius 1 is 1.12 bits per heavy atom. The molecule has 162 valence electrons. The normalized spacial score (nSPS) is 11.5. The van der Waals surface area contributed by atoms with E-state index in [9.17, 15) is 9.59 Å². The van der Waals surface area contributed by atoms with Gasteiger partial charge in [-0.2, -0.15) is 5.10 Å². The highest BCUT2D eigenvalue weighted by molar-refractivity contribution is 6.03. The summed E-state index contributed by atoms with van der Waals surface area (Å²) in [5, 5.41) is 8.60. The van der Waals surface area contributed by atoms with Crippen molar-refractivity contribution in [3.8, 4) is 23.8 Å². The van der Waals surface area contributed by atoms with E-state index in [1.54, 1.807) is 44.4 Å². The molecule has 2 N–H and O–H groups in total. The summed E-state index contributed by atoms with van der Waals surface area (Å²) < 4.78 is 10.7. The maximum absolute atomic E-state index is 12.4. The third kappa shape index (κ3) is 5.43. The zero-order chi connectivity index (χ0) is 22.9. The Hall–Kier alpha value is -4.31. The Morgan fingerprint density at radius 3 is 2.59 bits per heavy atom. The lowest BCUT2D eigenvalue weighted by molar-refractivity contribution is -0.122. The molecule has 3 aromatic rings. The molecular weight excluding hydrogens is 406 g/mol. The third-order valence-electron chi connectivity index (χ3n) is 4.70. The standard InChI is InChI=1S/C25H23N3O4/c1-4-15-32-23-14-11-18-7-5-6-8-21(18)22(23)16-26-28-24(29)17(2)27-25(30)19-9-12-20(31-3)13-10-19/h1,5-14,16-17H,15H2,2-3H3,(H,27,30)(H,28,29). The largest absolute Gasteiger partial charge is 0.497 e. The van der Waals surface area contributed by atoms with Crippen molar-refractivity contribution >= 4 is 28.8 Å². The van der Waals surface area contributed by atoms with Crippen LogP contribution < -0.4 is 20.2 Å². The molecule has 0 saturated carbocycles. The first kappa shape index (κ1) is 22.4. The van der Waals surface area contributed by atoms with E-state index in [0.29, 0.717) is 22.6 Å². The first-order chi connectivity index (χ1) is 15.5. The van der Waals surface area contributed by atoms with Crippen LogP contribution in [0.4, 0.5) is 0 Å². The monoisotopic (exact) mass is 429 g/mol. The van der Waals surface area contributed by atoms with Crippen LogP contribution in [0, 0.1) is 12.3 Å². The number of benzene rings is 3. The van der Waals surface area contributed by atoms with E-state index < -0.39 is 11.9 Å². The van der Waals surface area contributed by atoms with Crippen molar-refractivity contribution in [2.45, 2.75) is 13.0 Å². The summed E-state index contributed by atoms with van der Waals surface area (Å²) in [6.45, 7) is 1.69. The highest BCUT2D eigenvalue weighted by Crippen LogP contribution is 2.26. The van der Waals surface area contributed by atoms with Gasteiger partial charge in [-0.15, -0.1) is 6.42 Å². The second kappa shape index (κ2) is 10.6. The summed E-state index contributed by atoms with van der Waals surface area (Å²) in [7, 11) is 1.55. The second-order valence-corrected chi connectivity index (χ2v) is 6.85. The van der Waals surface area contributed by atoms with Crippen LogP contribution in [-0.2, 0) is 4.79 Å². The van der Waals surface area contributed by atoms with Crippen molar-refractivity contribution in [3.63, 3.8) is 0 Å². The number of hydrogen-bond acceptors (Lipinski definition) is 5. The topological polar surface area (TPSA) is 89.0 Å². The number of amides is 2. The highest BCUT2D eigenvalue weighted by Gasteiger charge is 2.16. The van der Waals surface area contributed by atoms with Gasteiger partial charge in [-0.05, 0) is 48.0 Å². The first-order valence-electron chi connectivity index (χ1n) is 9.89. The number of ether oxygens (including phenoxy) is 2. The van der Waals surface area contributed by atoms with E-state index >= 15 is 0 Å². The van der Waals surface area contributed by atoms with Gasteiger partial charge < -0.3 is 14.8 Å². The molecule has 0 fully saturated rings. The Bertz CT molecular complexity index is 1180. The van der Waals surface area contributed by atoms with Crippen molar-refractivity contribution < 1.29 is 19.1 Å². The maximum atomic E-state index is 12.4. The van der Waals surface area contributed by atoms with Gasteiger partial charge in [0, 0.05) is 11.1 Å². The van der Waals surface area contributed by atoms with Gasteiger partial charge >= 0.3 is 0 Å². The molecule has 1 atom stereocenters. The molecule has 3 rings (SSSR count). The second-order valence-electron chi connectivity index (χ2n) is 6.85. The van der Waals surface area contributed by atoms with Gasteiger partial charge in [0.2, 0.25) is 0 Å². The molecule has 32 heavy (non-hydrogen) atoms. The zero-order valence-corrected chi connectivity index (χ0v) is 17.8. The Labute approximate surface area is 186 Å². The number of methoxy groups -OCH3 is 1. The molecule has 0 bridgehead atoms. The molecule has 3 aromatic carbocycles. The summed E-state index contributed by atoms with van der Waals surface area (Å²) >= 11 is 0. The third-order valence-corrected chi connectivity index (χ3v) is 4.70. The molecule has 7 heteroatoms. The fraction of sp³-hybridized carbons (Fsp3) is 0.160. The minimum absolute atomic E-state index is 0.111. The average Bonchev–Trinajstić information content (AvgIpc) is 2.83. The number of fused-ring (bicyclic) bond motifs is 1. The minimum Gasteiger partial charge on any atom is -0.497 e. The molecule has 1 unspecified atom stereocenters. The molecule has 0 saturated heterocycles. The number of terminal acetylenes is 1. The van der Waals surface area contributed by atoms with Gasteiger partial charge in [-0.3, -0.25) is 9.59 Å². The highest BCUT2D eigenvalue weighted by atomic mass is 16.5. The molecule has 0 aromatic heterocycles. The Balaban J connectivity index is 1.68. The van der Waals surface area contributed by atoms with Crippen molar-refractivity contribution in [3.05, 3.63) is 71.8 Å². The van der Waals surface area contributed by atoms with Crippen LogP contribution in [0.1, 0.15) is 22.8 Å². The number of hydrazone groups is 1. The zero-order valence-electron chi connectivity index (χ0n) is 17.8. The molecule has 0 aliphatic heterocycles. The molecule has 2 amide bonds. The lowest BCUT2D eigenvalue weighted by Crippen LogP contribution is -2.43. The Kier molecular flexibility index (Phi) is 7.44. The first-order valence-corrected chi connectivity index (χ1v) is 9.89. The number of hydrogen-bond donors (Lipinski definition) is 2. The molecule has 7 nitrogen and oxygen atoms in total. The average molecular weight is 429 g/mol. The van der Waals surface area contributed by atoms with E-state index in [0.717, 1.165) is 10.8 Å². The Morgan fingerprint density at radius 2 is 1.88 bits per heavy atom. The van der Waals surface area contributed by atoms with Crippen LogP contribution in [-0.4, -0.2) is 37.8 Å². The quantitative estimate of drug-likeness (QED) is 0.327. The molecule has 0 heterocycles. The predicted molar refractivity (Wildman–Crippen MR) is 124 cm³/mol. The molecular formula is C25H23N3O4. The number of carbonyl (C=O) groups excluding carboxylic acids is 2. The van der Waals surface area contributed by atoms with Gasteiger partial charge in [0.15, 0.2) is 0 Å². The van der Waals surface area contributed by atoms with Gasteiger partial charge in [-0.1, -0.05) is 36.3 Å². The van der Waals surface area contributed by atoms with Crippen molar-refractivity contribution in [2.24, 2.45) is 5.10 Å². The molecule has 0 radical (unpaired) electrons. The van der Waals surface area contributed by atoms with Crippen LogP contribution in [0.25, 0.3) is 10.8 Å². The summed E-state index contributed by atoms with van der Waals surface area (Å²) in [5.41, 5.74) is 3.56. The minimum atomic E-state index is -0.800.